The lowest BCUT2D eigenvalue weighted by Crippen LogP contribution is -2.55. The van der Waals surface area contributed by atoms with E-state index >= 15 is 0 Å². The van der Waals surface area contributed by atoms with Crippen LogP contribution in [0.4, 0.5) is 0 Å². The van der Waals surface area contributed by atoms with Crippen LogP contribution in [0.25, 0.3) is 0 Å². The van der Waals surface area contributed by atoms with Crippen LogP contribution in [-0.4, -0.2) is 50.9 Å². The van der Waals surface area contributed by atoms with Gasteiger partial charge in [-0.2, -0.15) is 15.4 Å². The van der Waals surface area contributed by atoms with Crippen molar-refractivity contribution in [2.75, 3.05) is 13.2 Å². The number of likely N-dealkylation sites (tertiary alicyclic amines) is 1. The first-order chi connectivity index (χ1) is 11.6. The highest BCUT2D eigenvalue weighted by Gasteiger charge is 2.51. The van der Waals surface area contributed by atoms with Crippen LogP contribution in [0.15, 0.2) is 0 Å². The van der Waals surface area contributed by atoms with Gasteiger partial charge in [0.05, 0.1) is 18.0 Å². The van der Waals surface area contributed by atoms with Crippen LogP contribution in [0.5, 0.6) is 0 Å². The molecule has 0 bridgehead atoms. The maximum absolute atomic E-state index is 13.2. The highest BCUT2D eigenvalue weighted by Crippen LogP contribution is 2.37. The van der Waals surface area contributed by atoms with Crippen LogP contribution in [-0.2, 0) is 27.2 Å². The summed E-state index contributed by atoms with van der Waals surface area (Å²) >= 11 is 0. The number of aromatic amines is 1. The Morgan fingerprint density at radius 3 is 2.88 bits per heavy atom. The number of fused-ring (bicyclic) bond motifs is 1. The highest BCUT2D eigenvalue weighted by atomic mass is 16.5. The Bertz CT molecular complexity index is 615. The summed E-state index contributed by atoms with van der Waals surface area (Å²) in [6.07, 6.45) is 5.20. The van der Waals surface area contributed by atoms with Crippen molar-refractivity contribution in [2.24, 2.45) is 5.92 Å². The normalized spacial score (nSPS) is 26.2. The molecule has 3 rings (SSSR count). The minimum absolute atomic E-state index is 0.0719. The lowest BCUT2D eigenvalue weighted by molar-refractivity contribution is -0.163. The van der Waals surface area contributed by atoms with Gasteiger partial charge >= 0.3 is 5.97 Å². The average Bonchev–Trinajstić information content (AvgIpc) is 3.21. The van der Waals surface area contributed by atoms with Gasteiger partial charge in [0, 0.05) is 18.9 Å². The topological polar surface area (TPSA) is 88.2 Å². The number of hydrogen-bond acceptors (Lipinski definition) is 5. The predicted molar refractivity (Wildman–Crippen MR) is 87.1 cm³/mol. The molecule has 7 heteroatoms. The van der Waals surface area contributed by atoms with Crippen molar-refractivity contribution < 1.29 is 14.3 Å². The van der Waals surface area contributed by atoms with Crippen molar-refractivity contribution in [1.29, 1.82) is 0 Å². The van der Waals surface area contributed by atoms with Crippen molar-refractivity contribution in [3.63, 3.8) is 0 Å². The molecule has 0 saturated carbocycles. The number of H-pyrrole nitrogens is 1. The van der Waals surface area contributed by atoms with Crippen LogP contribution in [0.2, 0.25) is 0 Å². The summed E-state index contributed by atoms with van der Waals surface area (Å²) in [5.41, 5.74) is 1.08. The number of carbonyl (C=O) groups is 2. The Balaban J connectivity index is 1.81. The van der Waals surface area contributed by atoms with Crippen LogP contribution in [0.3, 0.4) is 0 Å². The Morgan fingerprint density at radius 2 is 2.12 bits per heavy atom. The summed E-state index contributed by atoms with van der Waals surface area (Å²) < 4.78 is 5.33. The third-order valence-electron chi connectivity index (χ3n) is 5.30. The van der Waals surface area contributed by atoms with Gasteiger partial charge < -0.3 is 9.64 Å². The van der Waals surface area contributed by atoms with Crippen molar-refractivity contribution >= 4 is 11.9 Å². The number of amides is 1. The number of ether oxygens (including phenoxy) is 1. The van der Waals surface area contributed by atoms with E-state index in [0.717, 1.165) is 37.1 Å². The number of hydrogen-bond donors (Lipinski definition) is 1. The first-order valence-corrected chi connectivity index (χ1v) is 8.99. The molecule has 2 atom stereocenters. The molecule has 7 nitrogen and oxygen atoms in total. The van der Waals surface area contributed by atoms with E-state index < -0.39 is 5.54 Å². The standard InChI is InChI=1S/C17H26N4O3/c1-3-8-17(16(23)24-4-2)9-5-10-21(17)15(22)12-6-7-13-14(11-12)19-20-18-13/h12H,3-11H2,1-2H3,(H,18,19,20). The fraction of sp³-hybridized carbons (Fsp3) is 0.765. The second kappa shape index (κ2) is 6.91. The van der Waals surface area contributed by atoms with E-state index in [1.165, 1.54) is 0 Å². The van der Waals surface area contributed by atoms with Gasteiger partial charge in [-0.05, 0) is 39.0 Å². The van der Waals surface area contributed by atoms with Gasteiger partial charge in [-0.3, -0.25) is 4.79 Å². The van der Waals surface area contributed by atoms with E-state index in [-0.39, 0.29) is 17.8 Å². The SMILES string of the molecule is CCCC1(C(=O)OCC)CCCN1C(=O)C1CCc2n[nH]nc2C1. The average molecular weight is 334 g/mol. The molecule has 2 heterocycles. The first kappa shape index (κ1) is 16.9. The summed E-state index contributed by atoms with van der Waals surface area (Å²) in [5.74, 6) is -0.287. The van der Waals surface area contributed by atoms with Crippen LogP contribution in [0, 0.1) is 5.92 Å². The summed E-state index contributed by atoms with van der Waals surface area (Å²) in [5, 5.41) is 10.9. The molecule has 1 N–H and O–H groups in total. The molecule has 0 radical (unpaired) electrons. The maximum Gasteiger partial charge on any atom is 0.332 e. The van der Waals surface area contributed by atoms with Gasteiger partial charge in [0.2, 0.25) is 5.91 Å². The van der Waals surface area contributed by atoms with Gasteiger partial charge in [-0.25, -0.2) is 4.79 Å². The van der Waals surface area contributed by atoms with E-state index in [9.17, 15) is 9.59 Å². The molecular formula is C17H26N4O3. The van der Waals surface area contributed by atoms with Crippen molar-refractivity contribution in [1.82, 2.24) is 20.3 Å². The molecule has 24 heavy (non-hydrogen) atoms. The molecular weight excluding hydrogens is 308 g/mol. The summed E-state index contributed by atoms with van der Waals surface area (Å²) in [6.45, 7) is 4.84. The van der Waals surface area contributed by atoms with E-state index in [4.69, 9.17) is 4.74 Å². The molecule has 1 fully saturated rings. The number of rotatable bonds is 5. The molecule has 1 amide bonds. The number of aromatic nitrogens is 3. The van der Waals surface area contributed by atoms with Gasteiger partial charge in [0.1, 0.15) is 5.54 Å². The van der Waals surface area contributed by atoms with E-state index in [1.807, 2.05) is 18.7 Å². The number of nitrogens with one attached hydrogen (secondary N) is 1. The summed E-state index contributed by atoms with van der Waals surface area (Å²) in [7, 11) is 0. The molecule has 1 aliphatic heterocycles. The highest BCUT2D eigenvalue weighted by molar-refractivity contribution is 5.90. The van der Waals surface area contributed by atoms with E-state index in [1.54, 1.807) is 0 Å². The zero-order valence-electron chi connectivity index (χ0n) is 14.5. The third kappa shape index (κ3) is 2.80. The zero-order valence-corrected chi connectivity index (χ0v) is 14.5. The van der Waals surface area contributed by atoms with Gasteiger partial charge in [0.15, 0.2) is 0 Å². The van der Waals surface area contributed by atoms with Crippen molar-refractivity contribution in [2.45, 2.75) is 64.3 Å². The number of nitrogens with zero attached hydrogens (tertiary/aromatic N) is 3. The fourth-order valence-corrected chi connectivity index (χ4v) is 4.17. The zero-order chi connectivity index (χ0) is 17.2. The molecule has 1 aliphatic carbocycles. The van der Waals surface area contributed by atoms with Crippen molar-refractivity contribution in [3.05, 3.63) is 11.4 Å². The minimum atomic E-state index is -0.772. The third-order valence-corrected chi connectivity index (χ3v) is 5.30. The second-order valence-corrected chi connectivity index (χ2v) is 6.75. The molecule has 0 spiro atoms. The Morgan fingerprint density at radius 1 is 1.33 bits per heavy atom. The van der Waals surface area contributed by atoms with Crippen molar-refractivity contribution in [3.8, 4) is 0 Å². The maximum atomic E-state index is 13.2. The Labute approximate surface area is 142 Å². The summed E-state index contributed by atoms with van der Waals surface area (Å²) in [6, 6.07) is 0. The largest absolute Gasteiger partial charge is 0.464 e. The first-order valence-electron chi connectivity index (χ1n) is 8.99. The van der Waals surface area contributed by atoms with Gasteiger partial charge in [0.25, 0.3) is 0 Å². The van der Waals surface area contributed by atoms with Crippen LogP contribution < -0.4 is 0 Å². The number of carbonyl (C=O) groups excluding carboxylic acids is 2. The molecule has 132 valence electrons. The Kier molecular flexibility index (Phi) is 4.87. The lowest BCUT2D eigenvalue weighted by Gasteiger charge is -2.38. The molecule has 0 aromatic carbocycles. The van der Waals surface area contributed by atoms with E-state index in [0.29, 0.717) is 32.4 Å². The monoisotopic (exact) mass is 334 g/mol. The summed E-state index contributed by atoms with van der Waals surface area (Å²) in [4.78, 5) is 27.7. The smallest absolute Gasteiger partial charge is 0.332 e. The molecule has 1 aromatic heterocycles. The van der Waals surface area contributed by atoms with Crippen LogP contribution in [0.1, 0.15) is 57.3 Å². The minimum Gasteiger partial charge on any atom is -0.464 e. The van der Waals surface area contributed by atoms with Gasteiger partial charge in [-0.15, -0.1) is 0 Å². The van der Waals surface area contributed by atoms with Gasteiger partial charge in [-0.1, -0.05) is 13.3 Å². The molecule has 2 unspecified atom stereocenters. The number of esters is 1. The Hall–Kier alpha value is -1.92. The van der Waals surface area contributed by atoms with Crippen LogP contribution >= 0.6 is 0 Å². The molecule has 2 aliphatic rings. The van der Waals surface area contributed by atoms with E-state index in [2.05, 4.69) is 15.4 Å². The second-order valence-electron chi connectivity index (χ2n) is 6.75. The lowest BCUT2D eigenvalue weighted by atomic mass is 9.85. The predicted octanol–water partition coefficient (Wildman–Crippen LogP) is 1.63. The quantitative estimate of drug-likeness (QED) is 0.827. The molecule has 1 aromatic rings. The number of aryl methyl sites for hydroxylation is 1. The molecule has 1 saturated heterocycles. The fourth-order valence-electron chi connectivity index (χ4n) is 4.17.